The Bertz CT molecular complexity index is 1160. The molecule has 1 aliphatic rings. The number of nitrogens with one attached hydrogen (secondary N) is 1. The fraction of sp³-hybridized carbons (Fsp3) is 0.348. The molecule has 0 atom stereocenters. The number of benzene rings is 2. The predicted octanol–water partition coefficient (Wildman–Crippen LogP) is 2.50. The fourth-order valence-electron chi connectivity index (χ4n) is 3.99. The maximum absolute atomic E-state index is 13.1. The molecule has 170 valence electrons. The van der Waals surface area contributed by atoms with Gasteiger partial charge in [0.05, 0.1) is 43.5 Å². The molecule has 2 aromatic carbocycles. The van der Waals surface area contributed by atoms with Crippen molar-refractivity contribution in [3.63, 3.8) is 0 Å². The van der Waals surface area contributed by atoms with E-state index >= 15 is 0 Å². The van der Waals surface area contributed by atoms with E-state index in [0.29, 0.717) is 12.1 Å². The van der Waals surface area contributed by atoms with E-state index in [2.05, 4.69) is 4.90 Å². The Morgan fingerprint density at radius 2 is 1.53 bits per heavy atom. The first-order valence-electron chi connectivity index (χ1n) is 10.3. The number of hydrogen-bond donors (Lipinski definition) is 1. The minimum Gasteiger partial charge on any atom is -0.465 e. The maximum atomic E-state index is 13.1. The van der Waals surface area contributed by atoms with Gasteiger partial charge in [-0.15, -0.1) is 17.0 Å². The van der Waals surface area contributed by atoms with Crippen LogP contribution in [0.2, 0.25) is 0 Å². The van der Waals surface area contributed by atoms with E-state index in [1.807, 2.05) is 28.8 Å². The molecule has 0 amide bonds. The van der Waals surface area contributed by atoms with Gasteiger partial charge in [-0.1, -0.05) is 30.3 Å². The van der Waals surface area contributed by atoms with Crippen LogP contribution in [0, 0.1) is 5.41 Å². The Balaban J connectivity index is 0.00000289. The van der Waals surface area contributed by atoms with Gasteiger partial charge in [0, 0.05) is 31.7 Å². The first-order valence-corrected chi connectivity index (χ1v) is 10.3. The van der Waals surface area contributed by atoms with Crippen molar-refractivity contribution in [2.24, 2.45) is 0 Å². The minimum absolute atomic E-state index is 0. The van der Waals surface area contributed by atoms with Gasteiger partial charge >= 0.3 is 5.97 Å². The Hall–Kier alpha value is -2.75. The molecule has 1 fully saturated rings. The van der Waals surface area contributed by atoms with Crippen molar-refractivity contribution in [2.45, 2.75) is 13.1 Å². The Morgan fingerprint density at radius 1 is 0.938 bits per heavy atom. The van der Waals surface area contributed by atoms with E-state index < -0.39 is 5.97 Å². The first kappa shape index (κ1) is 23.9. The van der Waals surface area contributed by atoms with E-state index in [9.17, 15) is 9.59 Å². The highest BCUT2D eigenvalue weighted by atomic mass is 79.9. The number of aromatic nitrogens is 2. The number of imidazole rings is 1. The van der Waals surface area contributed by atoms with E-state index in [4.69, 9.17) is 14.9 Å². The molecule has 0 radical (unpaired) electrons. The molecule has 0 spiro atoms. The van der Waals surface area contributed by atoms with Crippen LogP contribution in [0.25, 0.3) is 11.0 Å². The highest BCUT2D eigenvalue weighted by Gasteiger charge is 2.20. The second-order valence-electron chi connectivity index (χ2n) is 7.46. The Labute approximate surface area is 196 Å². The monoisotopic (exact) mass is 502 g/mol. The van der Waals surface area contributed by atoms with Crippen LogP contribution in [0.4, 0.5) is 0 Å². The van der Waals surface area contributed by atoms with Gasteiger partial charge in [-0.05, 0) is 18.2 Å². The zero-order valence-electron chi connectivity index (χ0n) is 18.0. The van der Waals surface area contributed by atoms with Gasteiger partial charge in [-0.2, -0.15) is 0 Å². The summed E-state index contributed by atoms with van der Waals surface area (Å²) in [6.45, 7) is 4.66. The predicted molar refractivity (Wildman–Crippen MR) is 125 cm³/mol. The van der Waals surface area contributed by atoms with Gasteiger partial charge < -0.3 is 18.6 Å². The molecule has 2 heterocycles. The number of carbonyl (C=O) groups excluding carboxylic acids is 2. The van der Waals surface area contributed by atoms with Crippen LogP contribution in [0.3, 0.4) is 0 Å². The third kappa shape index (κ3) is 4.85. The number of hydrogen-bond acceptors (Lipinski definition) is 6. The molecule has 32 heavy (non-hydrogen) atoms. The third-order valence-corrected chi connectivity index (χ3v) is 5.65. The van der Waals surface area contributed by atoms with E-state index in [1.165, 1.54) is 7.11 Å². The molecule has 1 aromatic heterocycles. The molecule has 8 nitrogen and oxygen atoms in total. The quantitative estimate of drug-likeness (QED) is 0.396. The van der Waals surface area contributed by atoms with Crippen LogP contribution in [-0.4, -0.2) is 65.7 Å². The first-order chi connectivity index (χ1) is 15.1. The van der Waals surface area contributed by atoms with Gasteiger partial charge in [0.15, 0.2) is 5.78 Å². The van der Waals surface area contributed by atoms with Crippen molar-refractivity contribution in [1.82, 2.24) is 14.0 Å². The summed E-state index contributed by atoms with van der Waals surface area (Å²) in [4.78, 5) is 27.5. The van der Waals surface area contributed by atoms with Crippen molar-refractivity contribution in [2.75, 3.05) is 40.0 Å². The molecule has 1 saturated heterocycles. The number of halogens is 1. The highest BCUT2D eigenvalue weighted by molar-refractivity contribution is 8.93. The average molecular weight is 503 g/mol. The maximum Gasteiger partial charge on any atom is 0.338 e. The van der Waals surface area contributed by atoms with Crippen LogP contribution in [0.15, 0.2) is 48.5 Å². The van der Waals surface area contributed by atoms with Crippen molar-refractivity contribution in [3.05, 3.63) is 65.3 Å². The second-order valence-corrected chi connectivity index (χ2v) is 7.46. The summed E-state index contributed by atoms with van der Waals surface area (Å²) in [7, 11) is 1.29. The highest BCUT2D eigenvalue weighted by Crippen LogP contribution is 2.16. The molecule has 0 aliphatic carbocycles. The molecule has 0 unspecified atom stereocenters. The fourth-order valence-corrected chi connectivity index (χ4v) is 3.99. The normalized spacial score (nSPS) is 14.2. The molecule has 1 aliphatic heterocycles. The van der Waals surface area contributed by atoms with E-state index in [1.54, 1.807) is 28.8 Å². The summed E-state index contributed by atoms with van der Waals surface area (Å²) in [5.41, 5.74) is 2.52. The van der Waals surface area contributed by atoms with Gasteiger partial charge in [-0.25, -0.2) is 4.79 Å². The van der Waals surface area contributed by atoms with Crippen molar-refractivity contribution < 1.29 is 19.1 Å². The summed E-state index contributed by atoms with van der Waals surface area (Å²) >= 11 is 0. The lowest BCUT2D eigenvalue weighted by Crippen LogP contribution is -2.39. The summed E-state index contributed by atoms with van der Waals surface area (Å²) in [5, 5.41) is 8.76. The summed E-state index contributed by atoms with van der Waals surface area (Å²) < 4.78 is 13.9. The number of rotatable bonds is 7. The van der Waals surface area contributed by atoms with Gasteiger partial charge in [0.2, 0.25) is 5.62 Å². The lowest BCUT2D eigenvalue weighted by Gasteiger charge is -2.26. The number of nitrogens with zero attached hydrogens (tertiary/aromatic N) is 3. The van der Waals surface area contributed by atoms with Crippen LogP contribution in [0.5, 0.6) is 0 Å². The Kier molecular flexibility index (Phi) is 8.00. The zero-order chi connectivity index (χ0) is 21.8. The molecule has 0 saturated carbocycles. The third-order valence-electron chi connectivity index (χ3n) is 5.65. The largest absolute Gasteiger partial charge is 0.465 e. The molecule has 1 N–H and O–H groups in total. The summed E-state index contributed by atoms with van der Waals surface area (Å²) in [5.74, 6) is -0.788. The lowest BCUT2D eigenvalue weighted by molar-refractivity contribution is 0.0363. The molecular formula is C23H27BrN4O4. The van der Waals surface area contributed by atoms with Crippen molar-refractivity contribution in [3.8, 4) is 0 Å². The number of methoxy groups -OCH3 is 1. The van der Waals surface area contributed by atoms with Crippen molar-refractivity contribution >= 4 is 39.8 Å². The van der Waals surface area contributed by atoms with E-state index in [0.717, 1.165) is 43.9 Å². The summed E-state index contributed by atoms with van der Waals surface area (Å²) in [6, 6.07) is 14.3. The number of ether oxygens (including phenoxy) is 2. The van der Waals surface area contributed by atoms with Crippen LogP contribution in [-0.2, 0) is 22.6 Å². The average Bonchev–Trinajstić information content (AvgIpc) is 3.08. The van der Waals surface area contributed by atoms with Gasteiger partial charge in [0.25, 0.3) is 0 Å². The number of Topliss-reactive ketones (excluding diaryl/α,β-unsaturated/α-hetero) is 1. The van der Waals surface area contributed by atoms with Crippen LogP contribution in [0.1, 0.15) is 20.7 Å². The van der Waals surface area contributed by atoms with Crippen LogP contribution < -0.4 is 5.62 Å². The summed E-state index contributed by atoms with van der Waals surface area (Å²) in [6.07, 6.45) is 0. The van der Waals surface area contributed by atoms with Crippen LogP contribution >= 0.6 is 17.0 Å². The molecule has 4 rings (SSSR count). The number of ketones is 1. The lowest BCUT2D eigenvalue weighted by atomic mass is 10.0. The minimum atomic E-state index is -0.548. The molecule has 3 aromatic rings. The number of para-hydroxylation sites is 2. The molecule has 0 bridgehead atoms. The number of carbonyl (C=O) groups is 2. The second kappa shape index (κ2) is 10.7. The number of fused-ring (bicyclic) bond motifs is 1. The molecular weight excluding hydrogens is 476 g/mol. The number of esters is 1. The SMILES string of the molecule is Br.COC(=O)c1ccccc1C(=O)Cn1c(=N)n(CCN2CCOCC2)c2ccccc21. The zero-order valence-corrected chi connectivity index (χ0v) is 19.7. The number of morpholine rings is 1. The van der Waals surface area contributed by atoms with Gasteiger partial charge in [-0.3, -0.25) is 15.1 Å². The van der Waals surface area contributed by atoms with E-state index in [-0.39, 0.29) is 40.5 Å². The standard InChI is InChI=1S/C23H26N4O4.BrH/c1-30-22(29)18-7-3-2-6-17(18)21(28)16-27-20-9-5-4-8-19(20)26(23(27)24)11-10-25-12-14-31-15-13-25;/h2-9,24H,10-16H2,1H3;1H. The topological polar surface area (TPSA) is 89.6 Å². The smallest absolute Gasteiger partial charge is 0.338 e. The Morgan fingerprint density at radius 3 is 2.19 bits per heavy atom. The van der Waals surface area contributed by atoms with Crippen molar-refractivity contribution in [1.29, 1.82) is 5.41 Å². The van der Waals surface area contributed by atoms with Gasteiger partial charge in [0.1, 0.15) is 0 Å². The molecule has 9 heteroatoms.